The van der Waals surface area contributed by atoms with Crippen LogP contribution >= 0.6 is 34.8 Å². The summed E-state index contributed by atoms with van der Waals surface area (Å²) in [5.74, 6) is -0.622. The van der Waals surface area contributed by atoms with Gasteiger partial charge in [-0.1, -0.05) is 34.8 Å². The second-order valence-corrected chi connectivity index (χ2v) is 4.62. The molecule has 0 amide bonds. The Morgan fingerprint density at radius 2 is 1.95 bits per heavy atom. The minimum Gasteiger partial charge on any atom is -0.464 e. The average molecular weight is 318 g/mol. The highest BCUT2D eigenvalue weighted by atomic mass is 35.5. The standard InChI is InChI=1S/C12H7Cl3N2O2/c1-19-12(18)10-7(13)2-3-8(17-10)6-4-5-16-11(15)9(6)14/h2-5H,1H3. The van der Waals surface area contributed by atoms with Crippen LogP contribution < -0.4 is 0 Å². The van der Waals surface area contributed by atoms with Gasteiger partial charge in [0.15, 0.2) is 5.69 Å². The molecule has 0 saturated heterocycles. The molecular weight excluding hydrogens is 311 g/mol. The fourth-order valence-electron chi connectivity index (χ4n) is 1.45. The van der Waals surface area contributed by atoms with E-state index in [0.29, 0.717) is 11.3 Å². The molecule has 0 unspecified atom stereocenters. The second-order valence-electron chi connectivity index (χ2n) is 3.48. The zero-order valence-electron chi connectivity index (χ0n) is 9.65. The van der Waals surface area contributed by atoms with Crippen LogP contribution in [0.25, 0.3) is 11.3 Å². The number of pyridine rings is 2. The summed E-state index contributed by atoms with van der Waals surface area (Å²) < 4.78 is 4.60. The predicted molar refractivity (Wildman–Crippen MR) is 73.8 cm³/mol. The average Bonchev–Trinajstić information content (AvgIpc) is 2.42. The third-order valence-electron chi connectivity index (χ3n) is 2.35. The fraction of sp³-hybridized carbons (Fsp3) is 0.0833. The molecular formula is C12H7Cl3N2O2. The molecule has 2 aromatic rings. The van der Waals surface area contributed by atoms with Crippen LogP contribution in [0.2, 0.25) is 15.2 Å². The van der Waals surface area contributed by atoms with Crippen LogP contribution in [0.4, 0.5) is 0 Å². The lowest BCUT2D eigenvalue weighted by Crippen LogP contribution is -2.06. The molecule has 0 aliphatic carbocycles. The molecule has 7 heteroatoms. The lowest BCUT2D eigenvalue weighted by atomic mass is 10.1. The summed E-state index contributed by atoms with van der Waals surface area (Å²) in [5.41, 5.74) is 1.04. The molecule has 2 aromatic heterocycles. The number of nitrogens with zero attached hydrogens (tertiary/aromatic N) is 2. The Balaban J connectivity index is 2.58. The normalized spacial score (nSPS) is 10.3. The summed E-state index contributed by atoms with van der Waals surface area (Å²) in [4.78, 5) is 19.5. The number of rotatable bonds is 2. The maximum atomic E-state index is 11.5. The highest BCUT2D eigenvalue weighted by Crippen LogP contribution is 2.31. The lowest BCUT2D eigenvalue weighted by molar-refractivity contribution is 0.0594. The number of methoxy groups -OCH3 is 1. The Morgan fingerprint density at radius 1 is 1.21 bits per heavy atom. The molecule has 0 spiro atoms. The van der Waals surface area contributed by atoms with E-state index in [0.717, 1.165) is 0 Å². The van der Waals surface area contributed by atoms with E-state index in [1.807, 2.05) is 0 Å². The van der Waals surface area contributed by atoms with E-state index in [1.165, 1.54) is 13.3 Å². The van der Waals surface area contributed by atoms with Gasteiger partial charge in [0.2, 0.25) is 0 Å². The van der Waals surface area contributed by atoms with Crippen LogP contribution in [-0.4, -0.2) is 23.0 Å². The zero-order valence-corrected chi connectivity index (χ0v) is 11.9. The first-order chi connectivity index (χ1) is 9.04. The van der Waals surface area contributed by atoms with Gasteiger partial charge in [-0.3, -0.25) is 0 Å². The number of hydrogen-bond acceptors (Lipinski definition) is 4. The number of ether oxygens (including phenoxy) is 1. The van der Waals surface area contributed by atoms with E-state index in [4.69, 9.17) is 34.8 Å². The molecule has 0 N–H and O–H groups in total. The van der Waals surface area contributed by atoms with Crippen molar-refractivity contribution in [3.8, 4) is 11.3 Å². The van der Waals surface area contributed by atoms with Gasteiger partial charge in [-0.05, 0) is 18.2 Å². The SMILES string of the molecule is COC(=O)c1nc(-c2ccnc(Cl)c2Cl)ccc1Cl. The molecule has 2 rings (SSSR count). The van der Waals surface area contributed by atoms with Gasteiger partial charge >= 0.3 is 5.97 Å². The number of aromatic nitrogens is 2. The van der Waals surface area contributed by atoms with Crippen molar-refractivity contribution in [1.82, 2.24) is 9.97 Å². The quantitative estimate of drug-likeness (QED) is 0.623. The van der Waals surface area contributed by atoms with Crippen LogP contribution in [0.3, 0.4) is 0 Å². The molecule has 0 bridgehead atoms. The van der Waals surface area contributed by atoms with Crippen molar-refractivity contribution in [2.45, 2.75) is 0 Å². The Labute approximate surface area is 124 Å². The summed E-state index contributed by atoms with van der Waals surface area (Å²) in [6.07, 6.45) is 1.50. The first kappa shape index (κ1) is 14.1. The largest absolute Gasteiger partial charge is 0.464 e. The third-order valence-corrected chi connectivity index (χ3v) is 3.42. The fourth-order valence-corrected chi connectivity index (χ4v) is 2.00. The van der Waals surface area contributed by atoms with Gasteiger partial charge in [-0.2, -0.15) is 0 Å². The number of carbonyl (C=O) groups excluding carboxylic acids is 1. The molecule has 0 aliphatic rings. The van der Waals surface area contributed by atoms with Crippen LogP contribution in [0.5, 0.6) is 0 Å². The van der Waals surface area contributed by atoms with Crippen LogP contribution in [0, 0.1) is 0 Å². The van der Waals surface area contributed by atoms with Crippen molar-refractivity contribution in [3.63, 3.8) is 0 Å². The molecule has 98 valence electrons. The van der Waals surface area contributed by atoms with Crippen LogP contribution in [0.15, 0.2) is 24.4 Å². The Bertz CT molecular complexity index is 647. The lowest BCUT2D eigenvalue weighted by Gasteiger charge is -2.07. The zero-order chi connectivity index (χ0) is 14.0. The Morgan fingerprint density at radius 3 is 2.63 bits per heavy atom. The molecule has 0 aromatic carbocycles. The van der Waals surface area contributed by atoms with Crippen molar-refractivity contribution in [2.24, 2.45) is 0 Å². The summed E-state index contributed by atoms with van der Waals surface area (Å²) >= 11 is 17.8. The highest BCUT2D eigenvalue weighted by Gasteiger charge is 2.16. The van der Waals surface area contributed by atoms with Crippen molar-refractivity contribution < 1.29 is 9.53 Å². The molecule has 0 atom stereocenters. The maximum Gasteiger partial charge on any atom is 0.358 e. The van der Waals surface area contributed by atoms with Gasteiger partial charge in [0.25, 0.3) is 0 Å². The van der Waals surface area contributed by atoms with E-state index in [2.05, 4.69) is 14.7 Å². The van der Waals surface area contributed by atoms with E-state index in [-0.39, 0.29) is 20.9 Å². The van der Waals surface area contributed by atoms with Gasteiger partial charge in [-0.15, -0.1) is 0 Å². The molecule has 19 heavy (non-hydrogen) atoms. The first-order valence-electron chi connectivity index (χ1n) is 5.10. The number of esters is 1. The smallest absolute Gasteiger partial charge is 0.358 e. The summed E-state index contributed by atoms with van der Waals surface area (Å²) in [6, 6.07) is 4.82. The predicted octanol–water partition coefficient (Wildman–Crippen LogP) is 3.89. The van der Waals surface area contributed by atoms with Gasteiger partial charge in [0, 0.05) is 11.8 Å². The van der Waals surface area contributed by atoms with Crippen LogP contribution in [-0.2, 0) is 4.74 Å². The molecule has 2 heterocycles. The second kappa shape index (κ2) is 5.74. The van der Waals surface area contributed by atoms with E-state index < -0.39 is 5.97 Å². The maximum absolute atomic E-state index is 11.5. The Hall–Kier alpha value is -1.36. The monoisotopic (exact) mass is 316 g/mol. The van der Waals surface area contributed by atoms with Crippen molar-refractivity contribution in [2.75, 3.05) is 7.11 Å². The van der Waals surface area contributed by atoms with Gasteiger partial charge < -0.3 is 4.74 Å². The minimum absolute atomic E-state index is 0.0191. The van der Waals surface area contributed by atoms with E-state index >= 15 is 0 Å². The number of carbonyl (C=O) groups is 1. The van der Waals surface area contributed by atoms with Gasteiger partial charge in [-0.25, -0.2) is 14.8 Å². The third kappa shape index (κ3) is 2.81. The number of hydrogen-bond donors (Lipinski definition) is 0. The van der Waals surface area contributed by atoms with Crippen molar-refractivity contribution in [3.05, 3.63) is 45.3 Å². The summed E-state index contributed by atoms with van der Waals surface area (Å²) in [5, 5.41) is 0.622. The van der Waals surface area contributed by atoms with E-state index in [1.54, 1.807) is 18.2 Å². The van der Waals surface area contributed by atoms with Crippen LogP contribution in [0.1, 0.15) is 10.5 Å². The first-order valence-corrected chi connectivity index (χ1v) is 6.23. The van der Waals surface area contributed by atoms with E-state index in [9.17, 15) is 4.79 Å². The molecule has 0 saturated carbocycles. The molecule has 0 fully saturated rings. The van der Waals surface area contributed by atoms with Crippen molar-refractivity contribution in [1.29, 1.82) is 0 Å². The molecule has 0 aliphatic heterocycles. The summed E-state index contributed by atoms with van der Waals surface area (Å²) in [6.45, 7) is 0. The summed E-state index contributed by atoms with van der Waals surface area (Å²) in [7, 11) is 1.25. The van der Waals surface area contributed by atoms with Crippen molar-refractivity contribution >= 4 is 40.8 Å². The minimum atomic E-state index is -0.622. The van der Waals surface area contributed by atoms with Gasteiger partial charge in [0.05, 0.1) is 22.8 Å². The number of halogens is 3. The topological polar surface area (TPSA) is 52.1 Å². The van der Waals surface area contributed by atoms with Gasteiger partial charge in [0.1, 0.15) is 5.15 Å². The highest BCUT2D eigenvalue weighted by molar-refractivity contribution is 6.43. The molecule has 4 nitrogen and oxygen atoms in total. The molecule has 0 radical (unpaired) electrons. The Kier molecular flexibility index (Phi) is 4.24.